The maximum atomic E-state index is 13.2. The van der Waals surface area contributed by atoms with Crippen LogP contribution in [0.25, 0.3) is 0 Å². The molecule has 1 aliphatic heterocycles. The first-order valence-corrected chi connectivity index (χ1v) is 7.15. The number of ether oxygens (including phenoxy) is 2. The molecular formula is C15H21FN2O3. The van der Waals surface area contributed by atoms with Gasteiger partial charge in [-0.15, -0.1) is 0 Å². The minimum absolute atomic E-state index is 0.232. The molecule has 1 fully saturated rings. The number of hydrogen-bond acceptors (Lipinski definition) is 4. The van der Waals surface area contributed by atoms with Gasteiger partial charge in [-0.05, 0) is 31.9 Å². The molecule has 1 saturated heterocycles. The van der Waals surface area contributed by atoms with Crippen LogP contribution in [0.3, 0.4) is 0 Å². The quantitative estimate of drug-likeness (QED) is 0.928. The number of methoxy groups -OCH3 is 1. The van der Waals surface area contributed by atoms with E-state index >= 15 is 0 Å². The second-order valence-corrected chi connectivity index (χ2v) is 4.95. The molecule has 1 amide bonds. The van der Waals surface area contributed by atoms with Crippen LogP contribution in [0, 0.1) is 5.82 Å². The molecule has 0 bridgehead atoms. The van der Waals surface area contributed by atoms with Crippen molar-refractivity contribution in [2.75, 3.05) is 32.1 Å². The monoisotopic (exact) mass is 296 g/mol. The summed E-state index contributed by atoms with van der Waals surface area (Å²) in [6.07, 6.45) is 1.38. The molecule has 0 spiro atoms. The van der Waals surface area contributed by atoms with E-state index < -0.39 is 0 Å². The molecule has 1 N–H and O–H groups in total. The summed E-state index contributed by atoms with van der Waals surface area (Å²) in [4.78, 5) is 13.3. The first-order chi connectivity index (χ1) is 10.1. The molecule has 1 heterocycles. The molecule has 2 rings (SSSR count). The fourth-order valence-electron chi connectivity index (χ4n) is 2.43. The molecule has 0 radical (unpaired) electrons. The van der Waals surface area contributed by atoms with Crippen molar-refractivity contribution in [1.82, 2.24) is 4.90 Å². The lowest BCUT2D eigenvalue weighted by Crippen LogP contribution is -2.42. The average Bonchev–Trinajstić information content (AvgIpc) is 2.50. The zero-order valence-electron chi connectivity index (χ0n) is 12.4. The first kappa shape index (κ1) is 15.4. The Bertz CT molecular complexity index is 488. The molecule has 1 aromatic carbocycles. The fourth-order valence-corrected chi connectivity index (χ4v) is 2.43. The fraction of sp³-hybridized carbons (Fsp3) is 0.533. The standard InChI is InChI=1S/C15H21FN2O3/c1-3-21-15(19)18-8-6-12(7-9-18)17-13-5-4-11(16)10-14(13)20-2/h4-5,10,12,17H,3,6-9H2,1-2H3. The number of carbonyl (C=O) groups is 1. The van der Waals surface area contributed by atoms with E-state index in [2.05, 4.69) is 5.32 Å². The third-order valence-electron chi connectivity index (χ3n) is 3.54. The Balaban J connectivity index is 1.90. The van der Waals surface area contributed by atoms with Crippen LogP contribution in [0.1, 0.15) is 19.8 Å². The number of piperidine rings is 1. The highest BCUT2D eigenvalue weighted by Gasteiger charge is 2.24. The van der Waals surface area contributed by atoms with Gasteiger partial charge in [-0.3, -0.25) is 0 Å². The lowest BCUT2D eigenvalue weighted by Gasteiger charge is -2.32. The van der Waals surface area contributed by atoms with Gasteiger partial charge in [0.15, 0.2) is 0 Å². The highest BCUT2D eigenvalue weighted by atomic mass is 19.1. The predicted molar refractivity (Wildman–Crippen MR) is 78.2 cm³/mol. The summed E-state index contributed by atoms with van der Waals surface area (Å²) in [5, 5.41) is 3.35. The highest BCUT2D eigenvalue weighted by Crippen LogP contribution is 2.27. The third-order valence-corrected chi connectivity index (χ3v) is 3.54. The van der Waals surface area contributed by atoms with Gasteiger partial charge in [-0.1, -0.05) is 0 Å². The maximum absolute atomic E-state index is 13.2. The van der Waals surface area contributed by atoms with E-state index in [0.717, 1.165) is 18.5 Å². The Morgan fingerprint density at radius 2 is 2.14 bits per heavy atom. The lowest BCUT2D eigenvalue weighted by molar-refractivity contribution is 0.0983. The number of rotatable bonds is 4. The van der Waals surface area contributed by atoms with Crippen LogP contribution >= 0.6 is 0 Å². The number of amides is 1. The van der Waals surface area contributed by atoms with Crippen LogP contribution in [-0.4, -0.2) is 43.8 Å². The molecule has 6 heteroatoms. The smallest absolute Gasteiger partial charge is 0.409 e. The summed E-state index contributed by atoms with van der Waals surface area (Å²) < 4.78 is 23.3. The highest BCUT2D eigenvalue weighted by molar-refractivity contribution is 5.67. The van der Waals surface area contributed by atoms with E-state index in [1.165, 1.54) is 19.2 Å². The number of nitrogens with one attached hydrogen (secondary N) is 1. The van der Waals surface area contributed by atoms with Gasteiger partial charge in [0.25, 0.3) is 0 Å². The van der Waals surface area contributed by atoms with Crippen LogP contribution in [0.5, 0.6) is 5.75 Å². The topological polar surface area (TPSA) is 50.8 Å². The number of hydrogen-bond donors (Lipinski definition) is 1. The number of anilines is 1. The van der Waals surface area contributed by atoms with Crippen LogP contribution in [0.2, 0.25) is 0 Å². The summed E-state index contributed by atoms with van der Waals surface area (Å²) in [6.45, 7) is 3.50. The van der Waals surface area contributed by atoms with Crippen molar-refractivity contribution in [1.29, 1.82) is 0 Å². The molecule has 1 aromatic rings. The molecule has 0 aliphatic carbocycles. The van der Waals surface area contributed by atoms with Gasteiger partial charge in [-0.2, -0.15) is 0 Å². The Labute approximate surface area is 124 Å². The number of carbonyl (C=O) groups excluding carboxylic acids is 1. The molecule has 1 aliphatic rings. The van der Waals surface area contributed by atoms with Crippen LogP contribution < -0.4 is 10.1 Å². The minimum Gasteiger partial charge on any atom is -0.494 e. The number of likely N-dealkylation sites (tertiary alicyclic amines) is 1. The van der Waals surface area contributed by atoms with Gasteiger partial charge < -0.3 is 19.7 Å². The van der Waals surface area contributed by atoms with Gasteiger partial charge >= 0.3 is 6.09 Å². The first-order valence-electron chi connectivity index (χ1n) is 7.15. The van der Waals surface area contributed by atoms with Crippen molar-refractivity contribution < 1.29 is 18.7 Å². The Morgan fingerprint density at radius 3 is 2.76 bits per heavy atom. The van der Waals surface area contributed by atoms with Crippen LogP contribution in [-0.2, 0) is 4.74 Å². The molecule has 0 aromatic heterocycles. The zero-order chi connectivity index (χ0) is 15.2. The van der Waals surface area contributed by atoms with Gasteiger partial charge in [0, 0.05) is 25.2 Å². The number of halogens is 1. The van der Waals surface area contributed by atoms with Crippen LogP contribution in [0.15, 0.2) is 18.2 Å². The Hall–Kier alpha value is -1.98. The van der Waals surface area contributed by atoms with Gasteiger partial charge in [-0.25, -0.2) is 9.18 Å². The minimum atomic E-state index is -0.325. The van der Waals surface area contributed by atoms with Gasteiger partial charge in [0.2, 0.25) is 0 Å². The number of nitrogens with zero attached hydrogens (tertiary/aromatic N) is 1. The van der Waals surface area contributed by atoms with E-state index in [4.69, 9.17) is 9.47 Å². The second-order valence-electron chi connectivity index (χ2n) is 4.95. The van der Waals surface area contributed by atoms with Crippen molar-refractivity contribution in [3.63, 3.8) is 0 Å². The second kappa shape index (κ2) is 7.15. The average molecular weight is 296 g/mol. The lowest BCUT2D eigenvalue weighted by atomic mass is 10.0. The molecule has 0 atom stereocenters. The molecule has 0 saturated carbocycles. The summed E-state index contributed by atoms with van der Waals surface area (Å²) in [6, 6.07) is 4.66. The maximum Gasteiger partial charge on any atom is 0.409 e. The van der Waals surface area contributed by atoms with Crippen molar-refractivity contribution >= 4 is 11.8 Å². The van der Waals surface area contributed by atoms with Gasteiger partial charge in [0.05, 0.1) is 19.4 Å². The normalized spacial score (nSPS) is 15.7. The van der Waals surface area contributed by atoms with E-state index in [0.29, 0.717) is 25.4 Å². The third kappa shape index (κ3) is 4.00. The van der Waals surface area contributed by atoms with Crippen molar-refractivity contribution in [3.05, 3.63) is 24.0 Å². The summed E-state index contributed by atoms with van der Waals surface area (Å²) in [5.74, 6) is 0.164. The largest absolute Gasteiger partial charge is 0.494 e. The zero-order valence-corrected chi connectivity index (χ0v) is 12.4. The molecular weight excluding hydrogens is 275 g/mol. The summed E-state index contributed by atoms with van der Waals surface area (Å²) in [5.41, 5.74) is 0.772. The van der Waals surface area contributed by atoms with E-state index in [-0.39, 0.29) is 18.0 Å². The molecule has 0 unspecified atom stereocenters. The van der Waals surface area contributed by atoms with Crippen LogP contribution in [0.4, 0.5) is 14.9 Å². The molecule has 21 heavy (non-hydrogen) atoms. The predicted octanol–water partition coefficient (Wildman–Crippen LogP) is 2.87. The van der Waals surface area contributed by atoms with E-state index in [9.17, 15) is 9.18 Å². The van der Waals surface area contributed by atoms with E-state index in [1.807, 2.05) is 0 Å². The van der Waals surface area contributed by atoms with Gasteiger partial charge in [0.1, 0.15) is 11.6 Å². The molecule has 116 valence electrons. The SMILES string of the molecule is CCOC(=O)N1CCC(Nc2ccc(F)cc2OC)CC1. The van der Waals surface area contributed by atoms with Crippen molar-refractivity contribution in [3.8, 4) is 5.75 Å². The Kier molecular flexibility index (Phi) is 5.25. The summed E-state index contributed by atoms with van der Waals surface area (Å²) >= 11 is 0. The van der Waals surface area contributed by atoms with E-state index in [1.54, 1.807) is 17.9 Å². The number of benzene rings is 1. The van der Waals surface area contributed by atoms with Crippen molar-refractivity contribution in [2.24, 2.45) is 0 Å². The summed E-state index contributed by atoms with van der Waals surface area (Å²) in [7, 11) is 1.52. The Morgan fingerprint density at radius 1 is 1.43 bits per heavy atom. The van der Waals surface area contributed by atoms with Crippen molar-refractivity contribution in [2.45, 2.75) is 25.8 Å². The molecule has 5 nitrogen and oxygen atoms in total.